The Morgan fingerprint density at radius 1 is 1.26 bits per heavy atom. The quantitative estimate of drug-likeness (QED) is 0.821. The van der Waals surface area contributed by atoms with E-state index in [9.17, 15) is 4.39 Å². The molecule has 0 aromatic heterocycles. The molecule has 0 bridgehead atoms. The molecule has 1 aliphatic heterocycles. The zero-order valence-corrected chi connectivity index (χ0v) is 11.5. The Bertz CT molecular complexity index is 427. The number of hydrogen-bond acceptors (Lipinski definition) is 2. The summed E-state index contributed by atoms with van der Waals surface area (Å²) in [7, 11) is 0. The summed E-state index contributed by atoms with van der Waals surface area (Å²) in [5, 5.41) is 3.56. The fraction of sp³-hybridized carbons (Fsp3) is 0.625. The molecule has 1 saturated carbocycles. The van der Waals surface area contributed by atoms with Gasteiger partial charge in [0.05, 0.1) is 0 Å². The third-order valence-corrected chi connectivity index (χ3v) is 4.51. The van der Waals surface area contributed by atoms with Gasteiger partial charge >= 0.3 is 0 Å². The number of rotatable bonds is 5. The average molecular weight is 262 g/mol. The van der Waals surface area contributed by atoms with Crippen molar-refractivity contribution in [2.75, 3.05) is 31.1 Å². The molecule has 0 amide bonds. The number of benzene rings is 1. The summed E-state index contributed by atoms with van der Waals surface area (Å²) >= 11 is 0. The highest BCUT2D eigenvalue weighted by molar-refractivity contribution is 5.58. The van der Waals surface area contributed by atoms with Crippen LogP contribution in [0.25, 0.3) is 0 Å². The molecule has 104 valence electrons. The lowest BCUT2D eigenvalue weighted by molar-refractivity contribution is 0.491. The highest BCUT2D eigenvalue weighted by atomic mass is 19.1. The van der Waals surface area contributed by atoms with Crippen molar-refractivity contribution in [3.8, 4) is 0 Å². The van der Waals surface area contributed by atoms with Gasteiger partial charge in [-0.3, -0.25) is 0 Å². The van der Waals surface area contributed by atoms with E-state index in [0.29, 0.717) is 0 Å². The second-order valence-electron chi connectivity index (χ2n) is 5.86. The maximum absolute atomic E-state index is 13.3. The standard InChI is InChI=1S/C16H23FN2/c17-15-6-5-14-7-9-19(16(14)11-15)10-8-18-12-13-3-1-2-4-13/h5-6,11,13,18H,1-4,7-10,12H2. The number of halogens is 1. The van der Waals surface area contributed by atoms with Crippen molar-refractivity contribution >= 4 is 5.69 Å². The number of fused-ring (bicyclic) bond motifs is 1. The van der Waals surface area contributed by atoms with Gasteiger partial charge in [0, 0.05) is 25.3 Å². The van der Waals surface area contributed by atoms with Crippen LogP contribution >= 0.6 is 0 Å². The fourth-order valence-electron chi connectivity index (χ4n) is 3.39. The van der Waals surface area contributed by atoms with Crippen molar-refractivity contribution in [2.45, 2.75) is 32.1 Å². The third kappa shape index (κ3) is 3.08. The first kappa shape index (κ1) is 12.9. The summed E-state index contributed by atoms with van der Waals surface area (Å²) in [5.74, 6) is 0.771. The van der Waals surface area contributed by atoms with Crippen LogP contribution in [0.1, 0.15) is 31.2 Å². The van der Waals surface area contributed by atoms with Gasteiger partial charge in [0.25, 0.3) is 0 Å². The molecule has 1 aromatic rings. The number of hydrogen-bond donors (Lipinski definition) is 1. The SMILES string of the molecule is Fc1ccc2c(c1)N(CCNCC1CCCC1)CC2. The highest BCUT2D eigenvalue weighted by Crippen LogP contribution is 2.28. The van der Waals surface area contributed by atoms with Gasteiger partial charge in [-0.1, -0.05) is 18.9 Å². The molecule has 1 heterocycles. The van der Waals surface area contributed by atoms with Crippen LogP contribution in [0, 0.1) is 11.7 Å². The Morgan fingerprint density at radius 2 is 2.11 bits per heavy atom. The van der Waals surface area contributed by atoms with Crippen LogP contribution in [0.3, 0.4) is 0 Å². The van der Waals surface area contributed by atoms with E-state index in [4.69, 9.17) is 0 Å². The Morgan fingerprint density at radius 3 is 2.95 bits per heavy atom. The summed E-state index contributed by atoms with van der Waals surface area (Å²) in [5.41, 5.74) is 2.39. The van der Waals surface area contributed by atoms with Crippen LogP contribution in [0.15, 0.2) is 18.2 Å². The van der Waals surface area contributed by atoms with E-state index < -0.39 is 0 Å². The van der Waals surface area contributed by atoms with Crippen molar-refractivity contribution in [3.05, 3.63) is 29.6 Å². The molecule has 2 aliphatic rings. The zero-order chi connectivity index (χ0) is 13.1. The third-order valence-electron chi connectivity index (χ3n) is 4.51. The summed E-state index contributed by atoms with van der Waals surface area (Å²) in [6, 6.07) is 5.18. The largest absolute Gasteiger partial charge is 0.370 e. The minimum Gasteiger partial charge on any atom is -0.370 e. The fourth-order valence-corrected chi connectivity index (χ4v) is 3.39. The molecule has 2 nitrogen and oxygen atoms in total. The first-order valence-corrected chi connectivity index (χ1v) is 7.57. The van der Waals surface area contributed by atoms with Gasteiger partial charge in [0.15, 0.2) is 0 Å². The Kier molecular flexibility index (Phi) is 4.02. The molecule has 0 saturated heterocycles. The van der Waals surface area contributed by atoms with E-state index in [-0.39, 0.29) is 5.82 Å². The maximum atomic E-state index is 13.3. The van der Waals surface area contributed by atoms with Gasteiger partial charge in [-0.2, -0.15) is 0 Å². The molecule has 0 spiro atoms. The second kappa shape index (κ2) is 5.91. The lowest BCUT2D eigenvalue weighted by Gasteiger charge is -2.20. The lowest BCUT2D eigenvalue weighted by atomic mass is 10.1. The van der Waals surface area contributed by atoms with Gasteiger partial charge in [-0.25, -0.2) is 4.39 Å². The average Bonchev–Trinajstić information content (AvgIpc) is 3.04. The summed E-state index contributed by atoms with van der Waals surface area (Å²) in [6.45, 7) is 4.18. The topological polar surface area (TPSA) is 15.3 Å². The molecule has 1 aliphatic carbocycles. The van der Waals surface area contributed by atoms with Gasteiger partial charge in [0.2, 0.25) is 0 Å². The molecular weight excluding hydrogens is 239 g/mol. The first-order valence-electron chi connectivity index (χ1n) is 7.57. The van der Waals surface area contributed by atoms with E-state index in [0.717, 1.165) is 44.2 Å². The van der Waals surface area contributed by atoms with Crippen molar-refractivity contribution < 1.29 is 4.39 Å². The summed E-state index contributed by atoms with van der Waals surface area (Å²) < 4.78 is 13.3. The van der Waals surface area contributed by atoms with E-state index >= 15 is 0 Å². The predicted molar refractivity (Wildman–Crippen MR) is 77.1 cm³/mol. The van der Waals surface area contributed by atoms with Gasteiger partial charge in [-0.05, 0) is 49.4 Å². The monoisotopic (exact) mass is 262 g/mol. The lowest BCUT2D eigenvalue weighted by Crippen LogP contribution is -2.32. The van der Waals surface area contributed by atoms with Crippen LogP contribution in [-0.4, -0.2) is 26.2 Å². The van der Waals surface area contributed by atoms with Crippen molar-refractivity contribution in [1.82, 2.24) is 5.32 Å². The minimum atomic E-state index is -0.121. The Hall–Kier alpha value is -1.09. The molecule has 0 unspecified atom stereocenters. The maximum Gasteiger partial charge on any atom is 0.125 e. The van der Waals surface area contributed by atoms with E-state index in [1.54, 1.807) is 12.1 Å². The van der Waals surface area contributed by atoms with Crippen LogP contribution in [0.4, 0.5) is 10.1 Å². The van der Waals surface area contributed by atoms with Gasteiger partial charge in [0.1, 0.15) is 5.82 Å². The van der Waals surface area contributed by atoms with Crippen molar-refractivity contribution in [2.24, 2.45) is 5.92 Å². The molecule has 1 fully saturated rings. The highest BCUT2D eigenvalue weighted by Gasteiger charge is 2.19. The van der Waals surface area contributed by atoms with Crippen molar-refractivity contribution in [3.63, 3.8) is 0 Å². The smallest absolute Gasteiger partial charge is 0.125 e. The van der Waals surface area contributed by atoms with Crippen molar-refractivity contribution in [1.29, 1.82) is 0 Å². The molecule has 3 rings (SSSR count). The predicted octanol–water partition coefficient (Wildman–Crippen LogP) is 2.97. The second-order valence-corrected chi connectivity index (χ2v) is 5.86. The van der Waals surface area contributed by atoms with E-state index in [1.165, 1.54) is 31.2 Å². The van der Waals surface area contributed by atoms with E-state index in [1.807, 2.05) is 6.07 Å². The molecule has 3 heteroatoms. The molecule has 19 heavy (non-hydrogen) atoms. The zero-order valence-electron chi connectivity index (χ0n) is 11.5. The summed E-state index contributed by atoms with van der Waals surface area (Å²) in [4.78, 5) is 2.31. The number of nitrogens with zero attached hydrogens (tertiary/aromatic N) is 1. The first-order chi connectivity index (χ1) is 9.33. The van der Waals surface area contributed by atoms with Crippen LogP contribution in [0.2, 0.25) is 0 Å². The van der Waals surface area contributed by atoms with Crippen LogP contribution in [-0.2, 0) is 6.42 Å². The molecule has 1 aromatic carbocycles. The van der Waals surface area contributed by atoms with Crippen LogP contribution in [0.5, 0.6) is 0 Å². The normalized spacial score (nSPS) is 19.1. The Labute approximate surface area is 115 Å². The minimum absolute atomic E-state index is 0.121. The van der Waals surface area contributed by atoms with Crippen LogP contribution < -0.4 is 10.2 Å². The van der Waals surface area contributed by atoms with E-state index in [2.05, 4.69) is 10.2 Å². The molecule has 0 radical (unpaired) electrons. The molecular formula is C16H23FN2. The summed E-state index contributed by atoms with van der Waals surface area (Å²) in [6.07, 6.45) is 6.66. The number of nitrogens with one attached hydrogen (secondary N) is 1. The molecule has 1 N–H and O–H groups in total. The van der Waals surface area contributed by atoms with Gasteiger partial charge < -0.3 is 10.2 Å². The van der Waals surface area contributed by atoms with Gasteiger partial charge in [-0.15, -0.1) is 0 Å². The Balaban J connectivity index is 1.45. The molecule has 0 atom stereocenters. The number of anilines is 1.